The molecule has 3 aromatic rings. The predicted octanol–water partition coefficient (Wildman–Crippen LogP) is 2.96. The molecule has 0 radical (unpaired) electrons. The SMILES string of the molecule is C=S(=O)(c1ccc(C(=O)OC)cc1)n1cc(C2(O)CCOCC2)c2ccccc21. The van der Waals surface area contributed by atoms with Gasteiger partial charge in [0.2, 0.25) is 0 Å². The van der Waals surface area contributed by atoms with Gasteiger partial charge in [-0.1, -0.05) is 18.2 Å². The molecule has 2 heterocycles. The molecule has 0 bridgehead atoms. The van der Waals surface area contributed by atoms with Crippen molar-refractivity contribution in [1.29, 1.82) is 0 Å². The van der Waals surface area contributed by atoms with Crippen LogP contribution in [0.4, 0.5) is 0 Å². The number of aromatic nitrogens is 1. The van der Waals surface area contributed by atoms with Crippen LogP contribution in [-0.2, 0) is 24.8 Å². The highest BCUT2D eigenvalue weighted by molar-refractivity contribution is 7.99. The van der Waals surface area contributed by atoms with Crippen LogP contribution in [0.5, 0.6) is 0 Å². The van der Waals surface area contributed by atoms with Crippen molar-refractivity contribution in [3.63, 3.8) is 0 Å². The summed E-state index contributed by atoms with van der Waals surface area (Å²) in [6.07, 6.45) is 2.71. The van der Waals surface area contributed by atoms with Crippen LogP contribution in [0.2, 0.25) is 0 Å². The van der Waals surface area contributed by atoms with E-state index in [0.29, 0.717) is 36.5 Å². The number of fused-ring (bicyclic) bond motifs is 1. The molecule has 29 heavy (non-hydrogen) atoms. The van der Waals surface area contributed by atoms with Gasteiger partial charge >= 0.3 is 5.97 Å². The lowest BCUT2D eigenvalue weighted by Gasteiger charge is -2.31. The standard InChI is InChI=1S/C22H23NO5S/c1-27-21(24)16-7-9-17(10-8-16)29(2,26)23-15-19(18-5-3-4-6-20(18)23)22(25)11-13-28-14-12-22/h3-10,15,25H,2,11-14H2,1H3. The van der Waals surface area contributed by atoms with E-state index in [1.54, 1.807) is 34.4 Å². The van der Waals surface area contributed by atoms with E-state index >= 15 is 0 Å². The monoisotopic (exact) mass is 413 g/mol. The maximum Gasteiger partial charge on any atom is 0.337 e. The molecule has 1 aromatic heterocycles. The third kappa shape index (κ3) is 3.35. The molecular formula is C22H23NO5S. The Morgan fingerprint density at radius 1 is 1.17 bits per heavy atom. The summed E-state index contributed by atoms with van der Waals surface area (Å²) in [5.74, 6) is 3.55. The number of nitrogens with zero attached hydrogens (tertiary/aromatic N) is 1. The van der Waals surface area contributed by atoms with Gasteiger partial charge in [0.05, 0.1) is 38.4 Å². The fourth-order valence-corrected chi connectivity index (χ4v) is 5.32. The average molecular weight is 413 g/mol. The van der Waals surface area contributed by atoms with E-state index in [2.05, 4.69) is 5.87 Å². The number of aliphatic hydroxyl groups is 1. The molecule has 1 aliphatic heterocycles. The second-order valence-corrected chi connectivity index (χ2v) is 9.33. The fourth-order valence-electron chi connectivity index (χ4n) is 3.78. The molecule has 4 rings (SSSR count). The second kappa shape index (κ2) is 7.33. The second-order valence-electron chi connectivity index (χ2n) is 7.19. The van der Waals surface area contributed by atoms with Crippen molar-refractivity contribution >= 4 is 32.5 Å². The molecule has 0 amide bonds. The summed E-state index contributed by atoms with van der Waals surface area (Å²) in [6.45, 7) is 0.954. The highest BCUT2D eigenvalue weighted by Gasteiger charge is 2.35. The first-order valence-electron chi connectivity index (χ1n) is 9.34. The summed E-state index contributed by atoms with van der Waals surface area (Å²) in [6, 6.07) is 14.0. The number of ether oxygens (including phenoxy) is 2. The van der Waals surface area contributed by atoms with E-state index in [1.165, 1.54) is 7.11 Å². The minimum atomic E-state index is -2.94. The molecule has 1 aliphatic rings. The minimum absolute atomic E-state index is 0.376. The molecule has 0 aliphatic carbocycles. The van der Waals surface area contributed by atoms with E-state index < -0.39 is 21.3 Å². The van der Waals surface area contributed by atoms with E-state index in [1.807, 2.05) is 24.3 Å². The molecule has 152 valence electrons. The first kappa shape index (κ1) is 19.7. The lowest BCUT2D eigenvalue weighted by atomic mass is 9.86. The average Bonchev–Trinajstić information content (AvgIpc) is 3.15. The fraction of sp³-hybridized carbons (Fsp3) is 0.273. The molecule has 6 nitrogen and oxygen atoms in total. The van der Waals surface area contributed by atoms with Gasteiger partial charge in [0.1, 0.15) is 0 Å². The third-order valence-electron chi connectivity index (χ3n) is 5.46. The number of esters is 1. The Balaban J connectivity index is 1.84. The van der Waals surface area contributed by atoms with Gasteiger partial charge in [0, 0.05) is 43.2 Å². The molecule has 0 spiro atoms. The molecule has 1 unspecified atom stereocenters. The van der Waals surface area contributed by atoms with Gasteiger partial charge in [0.25, 0.3) is 0 Å². The summed E-state index contributed by atoms with van der Waals surface area (Å²) in [5.41, 5.74) is 0.812. The summed E-state index contributed by atoms with van der Waals surface area (Å²) >= 11 is 0. The molecule has 1 atom stereocenters. The number of rotatable bonds is 4. The van der Waals surface area contributed by atoms with Crippen LogP contribution in [0.1, 0.15) is 28.8 Å². The topological polar surface area (TPSA) is 77.8 Å². The van der Waals surface area contributed by atoms with Crippen molar-refractivity contribution in [1.82, 2.24) is 3.97 Å². The van der Waals surface area contributed by atoms with Gasteiger partial charge in [-0.2, -0.15) is 0 Å². The summed E-state index contributed by atoms with van der Waals surface area (Å²) < 4.78 is 25.5. The Hall–Kier alpha value is -2.61. The van der Waals surface area contributed by atoms with Crippen LogP contribution < -0.4 is 0 Å². The number of para-hydroxylation sites is 1. The zero-order valence-electron chi connectivity index (χ0n) is 16.2. The van der Waals surface area contributed by atoms with Crippen LogP contribution in [0.25, 0.3) is 10.9 Å². The first-order valence-corrected chi connectivity index (χ1v) is 11.0. The Morgan fingerprint density at radius 2 is 1.83 bits per heavy atom. The van der Waals surface area contributed by atoms with E-state index in [-0.39, 0.29) is 0 Å². The molecule has 1 N–H and O–H groups in total. The lowest BCUT2D eigenvalue weighted by Crippen LogP contribution is -2.33. The zero-order valence-corrected chi connectivity index (χ0v) is 17.0. The van der Waals surface area contributed by atoms with E-state index in [4.69, 9.17) is 9.47 Å². The van der Waals surface area contributed by atoms with Crippen LogP contribution in [0.3, 0.4) is 0 Å². The smallest absolute Gasteiger partial charge is 0.337 e. The number of carbonyl (C=O) groups is 1. The van der Waals surface area contributed by atoms with Gasteiger partial charge < -0.3 is 14.6 Å². The van der Waals surface area contributed by atoms with Crippen molar-refractivity contribution in [3.05, 3.63) is 65.9 Å². The van der Waals surface area contributed by atoms with E-state index in [0.717, 1.165) is 16.5 Å². The van der Waals surface area contributed by atoms with Crippen LogP contribution in [-0.4, -0.2) is 45.5 Å². The summed E-state index contributed by atoms with van der Waals surface area (Å²) in [4.78, 5) is 12.2. The maximum absolute atomic E-state index is 13.8. The molecular weight excluding hydrogens is 390 g/mol. The van der Waals surface area contributed by atoms with Gasteiger partial charge in [-0.05, 0) is 36.2 Å². The normalized spacial score (nSPS) is 18.3. The maximum atomic E-state index is 13.8. The van der Waals surface area contributed by atoms with Crippen molar-refractivity contribution in [2.75, 3.05) is 20.3 Å². The molecule has 1 fully saturated rings. The Labute approximate surface area is 169 Å². The van der Waals surface area contributed by atoms with Gasteiger partial charge in [0.15, 0.2) is 0 Å². The van der Waals surface area contributed by atoms with Crippen molar-refractivity contribution < 1.29 is 23.6 Å². The van der Waals surface area contributed by atoms with E-state index in [9.17, 15) is 14.1 Å². The summed E-state index contributed by atoms with van der Waals surface area (Å²) in [7, 11) is -1.62. The van der Waals surface area contributed by atoms with Gasteiger partial charge in [-0.25, -0.2) is 9.00 Å². The predicted molar refractivity (Wildman–Crippen MR) is 113 cm³/mol. The quantitative estimate of drug-likeness (QED) is 0.526. The highest BCUT2D eigenvalue weighted by Crippen LogP contribution is 2.38. The van der Waals surface area contributed by atoms with Crippen LogP contribution in [0, 0.1) is 0 Å². The third-order valence-corrected chi connectivity index (χ3v) is 7.41. The van der Waals surface area contributed by atoms with Crippen molar-refractivity contribution in [2.45, 2.75) is 23.3 Å². The Morgan fingerprint density at radius 3 is 2.48 bits per heavy atom. The molecule has 0 saturated carbocycles. The number of hydrogen-bond acceptors (Lipinski definition) is 5. The molecule has 1 saturated heterocycles. The van der Waals surface area contributed by atoms with Gasteiger partial charge in [-0.3, -0.25) is 3.97 Å². The highest BCUT2D eigenvalue weighted by atomic mass is 32.2. The number of benzene rings is 2. The van der Waals surface area contributed by atoms with Crippen LogP contribution in [0.15, 0.2) is 59.6 Å². The van der Waals surface area contributed by atoms with Crippen LogP contribution >= 0.6 is 0 Å². The zero-order chi connectivity index (χ0) is 20.6. The van der Waals surface area contributed by atoms with Crippen molar-refractivity contribution in [2.24, 2.45) is 0 Å². The summed E-state index contributed by atoms with van der Waals surface area (Å²) in [5, 5.41) is 12.1. The Bertz CT molecular complexity index is 1160. The number of hydrogen-bond donors (Lipinski definition) is 1. The molecule has 7 heteroatoms. The minimum Gasteiger partial charge on any atom is -0.465 e. The molecule has 2 aromatic carbocycles. The first-order chi connectivity index (χ1) is 13.9. The number of carbonyl (C=O) groups excluding carboxylic acids is 1. The van der Waals surface area contributed by atoms with Crippen molar-refractivity contribution in [3.8, 4) is 0 Å². The lowest BCUT2D eigenvalue weighted by molar-refractivity contribution is -0.0670. The largest absolute Gasteiger partial charge is 0.465 e. The Kier molecular flexibility index (Phi) is 4.98. The van der Waals surface area contributed by atoms with Gasteiger partial charge in [-0.15, -0.1) is 0 Å². The number of methoxy groups -OCH3 is 1.